The molecule has 2 aromatic rings. The zero-order chi connectivity index (χ0) is 21.7. The van der Waals surface area contributed by atoms with Crippen molar-refractivity contribution in [2.24, 2.45) is 11.3 Å². The predicted octanol–water partition coefficient (Wildman–Crippen LogP) is 4.57. The topological polar surface area (TPSA) is 75.3 Å². The summed E-state index contributed by atoms with van der Waals surface area (Å²) < 4.78 is 5.50. The number of carbonyl (C=O) groups excluding carboxylic acids is 1. The van der Waals surface area contributed by atoms with Gasteiger partial charge in [0.05, 0.1) is 10.9 Å². The first-order valence-corrected chi connectivity index (χ1v) is 11.5. The molecule has 2 aliphatic rings. The monoisotopic (exact) mass is 442 g/mol. The molecular weight excluding hydrogens is 412 g/mol. The molecule has 0 bridgehead atoms. The van der Waals surface area contributed by atoms with E-state index in [1.165, 1.54) is 0 Å². The van der Waals surface area contributed by atoms with E-state index in [0.29, 0.717) is 17.4 Å². The van der Waals surface area contributed by atoms with Crippen molar-refractivity contribution in [2.75, 3.05) is 43.5 Å². The van der Waals surface area contributed by atoms with E-state index in [2.05, 4.69) is 40.0 Å². The lowest BCUT2D eigenvalue weighted by atomic mass is 9.82. The first-order chi connectivity index (χ1) is 15.0. The maximum atomic E-state index is 12.6. The minimum absolute atomic E-state index is 0.00750. The third kappa shape index (κ3) is 5.76. The Hall–Kier alpha value is -2.15. The fourth-order valence-corrected chi connectivity index (χ4v) is 4.40. The minimum atomic E-state index is -0.0197. The lowest BCUT2D eigenvalue weighted by Gasteiger charge is -2.34. The van der Waals surface area contributed by atoms with Crippen LogP contribution in [0.25, 0.3) is 11.1 Å². The number of hydrogen-bond donors (Lipinski definition) is 3. The molecule has 2 saturated heterocycles. The fraction of sp³-hybridized carbons (Fsp3) is 0.500. The van der Waals surface area contributed by atoms with Gasteiger partial charge in [-0.15, -0.1) is 0 Å². The predicted molar refractivity (Wildman–Crippen MR) is 126 cm³/mol. The van der Waals surface area contributed by atoms with E-state index >= 15 is 0 Å². The average molecular weight is 443 g/mol. The molecule has 1 atom stereocenters. The highest BCUT2D eigenvalue weighted by Gasteiger charge is 2.27. The highest BCUT2D eigenvalue weighted by Crippen LogP contribution is 2.33. The molecule has 3 N–H and O–H groups in total. The van der Waals surface area contributed by atoms with E-state index in [4.69, 9.17) is 16.3 Å². The van der Waals surface area contributed by atoms with Crippen LogP contribution in [-0.4, -0.2) is 43.7 Å². The van der Waals surface area contributed by atoms with Gasteiger partial charge in [-0.1, -0.05) is 30.7 Å². The van der Waals surface area contributed by atoms with Gasteiger partial charge in [-0.2, -0.15) is 0 Å². The molecule has 166 valence electrons. The molecule has 1 aromatic carbocycles. The Morgan fingerprint density at radius 1 is 1.32 bits per heavy atom. The zero-order valence-electron chi connectivity index (χ0n) is 18.0. The van der Waals surface area contributed by atoms with Crippen LogP contribution in [0.5, 0.6) is 0 Å². The van der Waals surface area contributed by atoms with Crippen LogP contribution in [0.3, 0.4) is 0 Å². The Kier molecular flexibility index (Phi) is 7.10. The number of nitrogens with one attached hydrogen (secondary N) is 3. The van der Waals surface area contributed by atoms with Crippen molar-refractivity contribution in [2.45, 2.75) is 32.6 Å². The number of piperidine rings is 1. The third-order valence-corrected chi connectivity index (χ3v) is 6.67. The van der Waals surface area contributed by atoms with Crippen LogP contribution in [0.4, 0.5) is 11.5 Å². The van der Waals surface area contributed by atoms with Gasteiger partial charge >= 0.3 is 0 Å². The SMILES string of the molecule is CC1(CNc2cccc(-c3cc(NC(=O)[C@@H]4CCCNC4)ncc3Cl)c2)CCOCC1. The molecule has 1 aromatic heterocycles. The number of ether oxygens (including phenoxy) is 1. The molecule has 31 heavy (non-hydrogen) atoms. The molecule has 0 aliphatic carbocycles. The molecule has 0 saturated carbocycles. The van der Waals surface area contributed by atoms with E-state index in [1.807, 2.05) is 18.2 Å². The van der Waals surface area contributed by atoms with Gasteiger partial charge in [0.1, 0.15) is 5.82 Å². The number of rotatable bonds is 6. The van der Waals surface area contributed by atoms with Crippen molar-refractivity contribution in [3.05, 3.63) is 41.6 Å². The maximum Gasteiger partial charge on any atom is 0.229 e. The van der Waals surface area contributed by atoms with Gasteiger partial charge in [0.2, 0.25) is 5.91 Å². The van der Waals surface area contributed by atoms with Crippen LogP contribution in [0.1, 0.15) is 32.6 Å². The molecule has 3 heterocycles. The Balaban J connectivity index is 1.46. The van der Waals surface area contributed by atoms with Crippen molar-refractivity contribution in [3.63, 3.8) is 0 Å². The van der Waals surface area contributed by atoms with Gasteiger partial charge < -0.3 is 20.7 Å². The summed E-state index contributed by atoms with van der Waals surface area (Å²) >= 11 is 6.47. The number of anilines is 2. The summed E-state index contributed by atoms with van der Waals surface area (Å²) in [5.74, 6) is 0.518. The summed E-state index contributed by atoms with van der Waals surface area (Å²) in [7, 11) is 0. The fourth-order valence-electron chi connectivity index (χ4n) is 4.19. The summed E-state index contributed by atoms with van der Waals surface area (Å²) in [5.41, 5.74) is 3.14. The van der Waals surface area contributed by atoms with Crippen molar-refractivity contribution in [1.82, 2.24) is 10.3 Å². The quantitative estimate of drug-likeness (QED) is 0.611. The molecule has 7 heteroatoms. The second-order valence-electron chi connectivity index (χ2n) is 8.94. The molecule has 6 nitrogen and oxygen atoms in total. The number of hydrogen-bond acceptors (Lipinski definition) is 5. The first-order valence-electron chi connectivity index (χ1n) is 11.1. The van der Waals surface area contributed by atoms with Crippen LogP contribution in [0.2, 0.25) is 5.02 Å². The molecule has 2 aliphatic heterocycles. The summed E-state index contributed by atoms with van der Waals surface area (Å²) in [6, 6.07) is 10.1. The number of nitrogens with zero attached hydrogens (tertiary/aromatic N) is 1. The van der Waals surface area contributed by atoms with Crippen LogP contribution in [0, 0.1) is 11.3 Å². The van der Waals surface area contributed by atoms with Gasteiger partial charge in [0, 0.05) is 43.8 Å². The van der Waals surface area contributed by atoms with Crippen LogP contribution in [-0.2, 0) is 9.53 Å². The number of carbonyl (C=O) groups is 1. The van der Waals surface area contributed by atoms with Crippen LogP contribution in [0.15, 0.2) is 36.5 Å². The van der Waals surface area contributed by atoms with Gasteiger partial charge in [0.15, 0.2) is 0 Å². The second-order valence-corrected chi connectivity index (χ2v) is 9.35. The second kappa shape index (κ2) is 9.98. The van der Waals surface area contributed by atoms with Crippen LogP contribution < -0.4 is 16.0 Å². The highest BCUT2D eigenvalue weighted by atomic mass is 35.5. The lowest BCUT2D eigenvalue weighted by molar-refractivity contribution is -0.120. The van der Waals surface area contributed by atoms with E-state index in [0.717, 1.165) is 68.8 Å². The number of benzene rings is 1. The zero-order valence-corrected chi connectivity index (χ0v) is 18.8. The smallest absolute Gasteiger partial charge is 0.229 e. The molecule has 0 radical (unpaired) electrons. The third-order valence-electron chi connectivity index (χ3n) is 6.37. The minimum Gasteiger partial charge on any atom is -0.384 e. The van der Waals surface area contributed by atoms with Gasteiger partial charge in [0.25, 0.3) is 0 Å². The highest BCUT2D eigenvalue weighted by molar-refractivity contribution is 6.33. The molecule has 0 unspecified atom stereocenters. The van der Waals surface area contributed by atoms with Gasteiger partial charge in [-0.05, 0) is 61.4 Å². The summed E-state index contributed by atoms with van der Waals surface area (Å²) in [5, 5.41) is 10.4. The number of pyridine rings is 1. The van der Waals surface area contributed by atoms with Gasteiger partial charge in [-0.25, -0.2) is 4.98 Å². The lowest BCUT2D eigenvalue weighted by Crippen LogP contribution is -2.37. The maximum absolute atomic E-state index is 12.6. The first kappa shape index (κ1) is 22.1. The summed E-state index contributed by atoms with van der Waals surface area (Å²) in [4.78, 5) is 16.9. The largest absolute Gasteiger partial charge is 0.384 e. The van der Waals surface area contributed by atoms with E-state index in [9.17, 15) is 4.79 Å². The Morgan fingerprint density at radius 3 is 2.94 bits per heavy atom. The normalized spacial score (nSPS) is 20.8. The Labute approximate surface area is 189 Å². The van der Waals surface area contributed by atoms with Crippen molar-refractivity contribution in [1.29, 1.82) is 0 Å². The van der Waals surface area contributed by atoms with E-state index in [1.54, 1.807) is 6.20 Å². The van der Waals surface area contributed by atoms with E-state index < -0.39 is 0 Å². The van der Waals surface area contributed by atoms with Crippen molar-refractivity contribution >= 4 is 29.0 Å². The Morgan fingerprint density at radius 2 is 2.16 bits per heavy atom. The summed E-state index contributed by atoms with van der Waals surface area (Å²) in [6.07, 6.45) is 5.65. The molecule has 4 rings (SSSR count). The Bertz CT molecular complexity index is 908. The molecular formula is C24H31ClN4O2. The number of amides is 1. The van der Waals surface area contributed by atoms with Crippen LogP contribution >= 0.6 is 11.6 Å². The van der Waals surface area contributed by atoms with Gasteiger partial charge in [-0.3, -0.25) is 4.79 Å². The number of halogens is 1. The van der Waals surface area contributed by atoms with Crippen molar-refractivity contribution in [3.8, 4) is 11.1 Å². The molecule has 0 spiro atoms. The standard InChI is InChI=1S/C24H31ClN4O2/c1-24(7-10-31-11-8-24)16-28-19-6-2-4-17(12-19)20-13-22(27-15-21(20)25)29-23(30)18-5-3-9-26-14-18/h2,4,6,12-13,15,18,26,28H,3,5,7-11,14,16H2,1H3,(H,27,29,30)/t18-/m1/s1. The average Bonchev–Trinajstić information content (AvgIpc) is 2.80. The summed E-state index contributed by atoms with van der Waals surface area (Å²) in [6.45, 7) is 6.56. The van der Waals surface area contributed by atoms with E-state index in [-0.39, 0.29) is 17.2 Å². The van der Waals surface area contributed by atoms with Crippen molar-refractivity contribution < 1.29 is 9.53 Å². The molecule has 1 amide bonds. The molecule has 2 fully saturated rings. The number of aromatic nitrogens is 1.